The second kappa shape index (κ2) is 7.65. The first-order chi connectivity index (χ1) is 12.6. The summed E-state index contributed by atoms with van der Waals surface area (Å²) in [5, 5.41) is 4.71. The summed E-state index contributed by atoms with van der Waals surface area (Å²) in [5.74, 6) is 0.753. The molecule has 0 radical (unpaired) electrons. The maximum atomic E-state index is 13.2. The predicted molar refractivity (Wildman–Crippen MR) is 97.2 cm³/mol. The molecule has 1 aliphatic heterocycles. The first-order valence-electron chi connectivity index (χ1n) is 8.02. The number of hydrogen-bond acceptors (Lipinski definition) is 6. The largest absolute Gasteiger partial charge is 0.493 e. The molecule has 138 valence electrons. The molecule has 0 bridgehead atoms. The van der Waals surface area contributed by atoms with Gasteiger partial charge in [-0.2, -0.15) is 0 Å². The van der Waals surface area contributed by atoms with Crippen molar-refractivity contribution in [1.29, 1.82) is 0 Å². The van der Waals surface area contributed by atoms with Crippen molar-refractivity contribution < 1.29 is 23.8 Å². The molecule has 1 atom stereocenters. The van der Waals surface area contributed by atoms with E-state index in [1.807, 2.05) is 17.5 Å². The Labute approximate surface area is 155 Å². The van der Waals surface area contributed by atoms with E-state index in [4.69, 9.17) is 14.2 Å². The first-order valence-corrected chi connectivity index (χ1v) is 8.90. The number of amides is 2. The SMILES string of the molecule is COc1cc(C(=O)N2CCNC(=O)C2c2cccs2)cc(OC)c1OC. The van der Waals surface area contributed by atoms with Crippen LogP contribution in [0.3, 0.4) is 0 Å². The Balaban J connectivity index is 2.00. The highest BCUT2D eigenvalue weighted by molar-refractivity contribution is 7.10. The third-order valence-corrected chi connectivity index (χ3v) is 5.12. The number of hydrogen-bond donors (Lipinski definition) is 1. The molecule has 1 aromatic carbocycles. The number of nitrogens with one attached hydrogen (secondary N) is 1. The minimum Gasteiger partial charge on any atom is -0.493 e. The van der Waals surface area contributed by atoms with Crippen LogP contribution in [0.25, 0.3) is 0 Å². The highest BCUT2D eigenvalue weighted by Gasteiger charge is 2.36. The molecule has 7 nitrogen and oxygen atoms in total. The lowest BCUT2D eigenvalue weighted by Crippen LogP contribution is -2.51. The van der Waals surface area contributed by atoms with E-state index in [-0.39, 0.29) is 11.8 Å². The van der Waals surface area contributed by atoms with Crippen LogP contribution in [-0.4, -0.2) is 51.1 Å². The van der Waals surface area contributed by atoms with Gasteiger partial charge in [0.1, 0.15) is 6.04 Å². The first kappa shape index (κ1) is 18.1. The summed E-state index contributed by atoms with van der Waals surface area (Å²) >= 11 is 1.45. The molecule has 1 saturated heterocycles. The Morgan fingerprint density at radius 1 is 1.19 bits per heavy atom. The van der Waals surface area contributed by atoms with Gasteiger partial charge in [0.2, 0.25) is 11.7 Å². The molecule has 1 N–H and O–H groups in total. The minimum atomic E-state index is -0.643. The fraction of sp³-hybridized carbons (Fsp3) is 0.333. The van der Waals surface area contributed by atoms with Gasteiger partial charge < -0.3 is 24.4 Å². The maximum Gasteiger partial charge on any atom is 0.255 e. The maximum absolute atomic E-state index is 13.2. The lowest BCUT2D eigenvalue weighted by atomic mass is 10.1. The van der Waals surface area contributed by atoms with Crippen LogP contribution in [0.4, 0.5) is 0 Å². The van der Waals surface area contributed by atoms with Gasteiger partial charge in [0, 0.05) is 23.5 Å². The molecule has 1 aliphatic rings. The topological polar surface area (TPSA) is 77.1 Å². The van der Waals surface area contributed by atoms with E-state index in [0.717, 1.165) is 4.88 Å². The fourth-order valence-electron chi connectivity index (χ4n) is 2.99. The Bertz CT molecular complexity index is 781. The van der Waals surface area contributed by atoms with Crippen LogP contribution in [0, 0.1) is 0 Å². The molecule has 0 saturated carbocycles. The molecule has 2 aromatic rings. The number of ether oxygens (including phenoxy) is 3. The van der Waals surface area contributed by atoms with Gasteiger partial charge in [-0.05, 0) is 23.6 Å². The molecule has 2 amide bonds. The van der Waals surface area contributed by atoms with Gasteiger partial charge in [0.05, 0.1) is 21.3 Å². The lowest BCUT2D eigenvalue weighted by molar-refractivity contribution is -0.127. The molecule has 0 aliphatic carbocycles. The van der Waals surface area contributed by atoms with E-state index in [1.165, 1.54) is 32.7 Å². The van der Waals surface area contributed by atoms with Crippen molar-refractivity contribution >= 4 is 23.2 Å². The summed E-state index contributed by atoms with van der Waals surface area (Å²) in [7, 11) is 4.49. The third-order valence-electron chi connectivity index (χ3n) is 4.20. The summed E-state index contributed by atoms with van der Waals surface area (Å²) in [4.78, 5) is 28.0. The normalized spacial score (nSPS) is 16.8. The lowest BCUT2D eigenvalue weighted by Gasteiger charge is -2.34. The van der Waals surface area contributed by atoms with Crippen molar-refractivity contribution in [3.05, 3.63) is 40.1 Å². The van der Waals surface area contributed by atoms with Crippen LogP contribution in [0.1, 0.15) is 21.3 Å². The number of rotatable bonds is 5. The Morgan fingerprint density at radius 3 is 2.42 bits per heavy atom. The molecule has 8 heteroatoms. The fourth-order valence-corrected chi connectivity index (χ4v) is 3.82. The van der Waals surface area contributed by atoms with Gasteiger partial charge in [-0.25, -0.2) is 0 Å². The molecule has 2 heterocycles. The van der Waals surface area contributed by atoms with Gasteiger partial charge in [-0.15, -0.1) is 11.3 Å². The van der Waals surface area contributed by atoms with Crippen molar-refractivity contribution in [2.24, 2.45) is 0 Å². The number of piperazine rings is 1. The van der Waals surface area contributed by atoms with Crippen molar-refractivity contribution in [3.8, 4) is 17.2 Å². The van der Waals surface area contributed by atoms with E-state index in [2.05, 4.69) is 5.32 Å². The molecular formula is C18H20N2O5S. The van der Waals surface area contributed by atoms with Crippen LogP contribution in [0.5, 0.6) is 17.2 Å². The zero-order chi connectivity index (χ0) is 18.7. The van der Waals surface area contributed by atoms with Crippen LogP contribution >= 0.6 is 11.3 Å². The van der Waals surface area contributed by atoms with Gasteiger partial charge in [-0.3, -0.25) is 9.59 Å². The number of methoxy groups -OCH3 is 3. The van der Waals surface area contributed by atoms with Crippen LogP contribution < -0.4 is 19.5 Å². The van der Waals surface area contributed by atoms with Crippen molar-refractivity contribution in [1.82, 2.24) is 10.2 Å². The monoisotopic (exact) mass is 376 g/mol. The zero-order valence-corrected chi connectivity index (χ0v) is 15.6. The van der Waals surface area contributed by atoms with Crippen molar-refractivity contribution in [2.45, 2.75) is 6.04 Å². The highest BCUT2D eigenvalue weighted by Crippen LogP contribution is 2.39. The number of nitrogens with zero attached hydrogens (tertiary/aromatic N) is 1. The third kappa shape index (κ3) is 3.20. The predicted octanol–water partition coefficient (Wildman–Crippen LogP) is 2.09. The second-order valence-corrected chi connectivity index (χ2v) is 6.60. The number of carbonyl (C=O) groups excluding carboxylic acids is 2. The second-order valence-electron chi connectivity index (χ2n) is 5.62. The Morgan fingerprint density at radius 2 is 1.88 bits per heavy atom. The van der Waals surface area contributed by atoms with E-state index < -0.39 is 6.04 Å². The summed E-state index contributed by atoms with van der Waals surface area (Å²) in [5.41, 5.74) is 0.371. The summed E-state index contributed by atoms with van der Waals surface area (Å²) in [6.07, 6.45) is 0. The molecule has 26 heavy (non-hydrogen) atoms. The smallest absolute Gasteiger partial charge is 0.255 e. The number of thiophene rings is 1. The molecule has 3 rings (SSSR count). The Kier molecular flexibility index (Phi) is 5.32. The van der Waals surface area contributed by atoms with E-state index in [9.17, 15) is 9.59 Å². The van der Waals surface area contributed by atoms with E-state index >= 15 is 0 Å². The van der Waals surface area contributed by atoms with Gasteiger partial charge >= 0.3 is 0 Å². The summed E-state index contributed by atoms with van der Waals surface area (Å²) in [6.45, 7) is 0.834. The average molecular weight is 376 g/mol. The van der Waals surface area contributed by atoms with Gasteiger partial charge in [0.15, 0.2) is 11.5 Å². The number of benzene rings is 1. The van der Waals surface area contributed by atoms with Gasteiger partial charge in [0.25, 0.3) is 5.91 Å². The van der Waals surface area contributed by atoms with Crippen LogP contribution in [0.15, 0.2) is 29.6 Å². The van der Waals surface area contributed by atoms with Crippen LogP contribution in [-0.2, 0) is 4.79 Å². The van der Waals surface area contributed by atoms with Crippen molar-refractivity contribution in [2.75, 3.05) is 34.4 Å². The van der Waals surface area contributed by atoms with Gasteiger partial charge in [-0.1, -0.05) is 6.07 Å². The molecular weight excluding hydrogens is 356 g/mol. The highest BCUT2D eigenvalue weighted by atomic mass is 32.1. The van der Waals surface area contributed by atoms with Crippen LogP contribution in [0.2, 0.25) is 0 Å². The molecule has 1 fully saturated rings. The number of carbonyl (C=O) groups is 2. The van der Waals surface area contributed by atoms with Crippen molar-refractivity contribution in [3.63, 3.8) is 0 Å². The van der Waals surface area contributed by atoms with E-state index in [0.29, 0.717) is 35.9 Å². The summed E-state index contributed by atoms with van der Waals surface area (Å²) < 4.78 is 15.9. The Hall–Kier alpha value is -2.74. The zero-order valence-electron chi connectivity index (χ0n) is 14.8. The minimum absolute atomic E-state index is 0.181. The standard InChI is InChI=1S/C18H20N2O5S/c1-23-12-9-11(10-13(24-2)16(12)25-3)18(22)20-7-6-19-17(21)15(20)14-5-4-8-26-14/h4-5,8-10,15H,6-7H2,1-3H3,(H,19,21). The molecule has 0 spiro atoms. The molecule has 1 aromatic heterocycles. The average Bonchev–Trinajstić information content (AvgIpc) is 3.20. The summed E-state index contributed by atoms with van der Waals surface area (Å²) in [6, 6.07) is 6.28. The molecule has 1 unspecified atom stereocenters. The van der Waals surface area contributed by atoms with E-state index in [1.54, 1.807) is 17.0 Å². The quantitative estimate of drug-likeness (QED) is 0.865.